The number of nitriles is 1. The predicted molar refractivity (Wildman–Crippen MR) is 91.6 cm³/mol. The number of rotatable bonds is 2. The molecule has 0 saturated carbocycles. The summed E-state index contributed by atoms with van der Waals surface area (Å²) in [7, 11) is 1.91. The molecule has 3 heterocycles. The quantitative estimate of drug-likeness (QED) is 0.901. The molecule has 0 bridgehead atoms. The smallest absolute Gasteiger partial charge is 0.318 e. The van der Waals surface area contributed by atoms with Crippen LogP contribution >= 0.6 is 0 Å². The second kappa shape index (κ2) is 6.59. The monoisotopic (exact) mass is 341 g/mol. The average molecular weight is 341 g/mol. The third-order valence-electron chi connectivity index (χ3n) is 4.75. The molecule has 1 N–H and O–H groups in total. The first-order valence-electron chi connectivity index (χ1n) is 8.43. The van der Waals surface area contributed by atoms with Crippen molar-refractivity contribution >= 4 is 6.03 Å². The van der Waals surface area contributed by atoms with E-state index in [9.17, 15) is 4.79 Å². The summed E-state index contributed by atoms with van der Waals surface area (Å²) in [6, 6.07) is 3.58. The zero-order valence-corrected chi connectivity index (χ0v) is 15.1. The van der Waals surface area contributed by atoms with Gasteiger partial charge in [-0.25, -0.2) is 4.79 Å². The van der Waals surface area contributed by atoms with E-state index in [-0.39, 0.29) is 12.1 Å². The summed E-state index contributed by atoms with van der Waals surface area (Å²) in [5.41, 5.74) is 4.33. The van der Waals surface area contributed by atoms with Crippen LogP contribution in [0.3, 0.4) is 0 Å². The maximum Gasteiger partial charge on any atom is 0.318 e. The molecule has 3 rings (SSSR count). The van der Waals surface area contributed by atoms with Crippen molar-refractivity contribution in [1.82, 2.24) is 29.8 Å². The van der Waals surface area contributed by atoms with Crippen LogP contribution in [0.2, 0.25) is 0 Å². The van der Waals surface area contributed by atoms with Gasteiger partial charge in [0.1, 0.15) is 6.07 Å². The average Bonchev–Trinajstić information content (AvgIpc) is 2.99. The van der Waals surface area contributed by atoms with Gasteiger partial charge < -0.3 is 10.2 Å². The maximum absolute atomic E-state index is 12.7. The molecule has 2 amide bonds. The zero-order valence-electron chi connectivity index (χ0n) is 15.1. The Morgan fingerprint density at radius 1 is 1.36 bits per heavy atom. The lowest BCUT2D eigenvalue weighted by atomic mass is 10.1. The van der Waals surface area contributed by atoms with Crippen molar-refractivity contribution in [3.8, 4) is 6.07 Å². The number of aryl methyl sites for hydroxylation is 3. The highest BCUT2D eigenvalue weighted by molar-refractivity contribution is 5.74. The van der Waals surface area contributed by atoms with Crippen LogP contribution in [-0.2, 0) is 20.1 Å². The van der Waals surface area contributed by atoms with Gasteiger partial charge in [0.05, 0.1) is 24.0 Å². The zero-order chi connectivity index (χ0) is 18.1. The molecule has 1 aliphatic rings. The van der Waals surface area contributed by atoms with Gasteiger partial charge in [0.25, 0.3) is 0 Å². The maximum atomic E-state index is 12.7. The van der Waals surface area contributed by atoms with Crippen LogP contribution in [0.5, 0.6) is 0 Å². The van der Waals surface area contributed by atoms with Gasteiger partial charge in [-0.1, -0.05) is 0 Å². The summed E-state index contributed by atoms with van der Waals surface area (Å²) < 4.78 is 3.66. The molecule has 8 nitrogen and oxygen atoms in total. The summed E-state index contributed by atoms with van der Waals surface area (Å²) >= 11 is 0. The summed E-state index contributed by atoms with van der Waals surface area (Å²) in [5, 5.41) is 20.7. The van der Waals surface area contributed by atoms with E-state index in [1.807, 2.05) is 37.2 Å². The number of fused-ring (bicyclic) bond motifs is 1. The van der Waals surface area contributed by atoms with Gasteiger partial charge in [0, 0.05) is 31.4 Å². The van der Waals surface area contributed by atoms with Crippen molar-refractivity contribution in [2.24, 2.45) is 7.05 Å². The molecule has 2 aromatic heterocycles. The number of carbonyl (C=O) groups excluding carboxylic acids is 1. The van der Waals surface area contributed by atoms with Crippen LogP contribution in [-0.4, -0.2) is 37.0 Å². The molecule has 0 unspecified atom stereocenters. The van der Waals surface area contributed by atoms with E-state index < -0.39 is 0 Å². The largest absolute Gasteiger partial charge is 0.331 e. The number of nitrogens with one attached hydrogen (secondary N) is 1. The van der Waals surface area contributed by atoms with E-state index in [0.29, 0.717) is 18.8 Å². The number of hydrogen-bond donors (Lipinski definition) is 1. The number of hydrogen-bond acceptors (Lipinski definition) is 4. The van der Waals surface area contributed by atoms with Gasteiger partial charge >= 0.3 is 6.03 Å². The van der Waals surface area contributed by atoms with Crippen LogP contribution in [0.15, 0.2) is 6.07 Å². The lowest BCUT2D eigenvalue weighted by Gasteiger charge is -2.23. The molecular weight excluding hydrogens is 318 g/mol. The number of carbonyl (C=O) groups is 1. The van der Waals surface area contributed by atoms with Crippen LogP contribution in [0.25, 0.3) is 0 Å². The van der Waals surface area contributed by atoms with Gasteiger partial charge in [-0.15, -0.1) is 0 Å². The molecule has 8 heteroatoms. The van der Waals surface area contributed by atoms with E-state index in [2.05, 4.69) is 21.6 Å². The van der Waals surface area contributed by atoms with Crippen molar-refractivity contribution < 1.29 is 4.79 Å². The first kappa shape index (κ1) is 17.0. The van der Waals surface area contributed by atoms with Crippen molar-refractivity contribution in [2.45, 2.75) is 46.3 Å². The molecule has 1 aliphatic heterocycles. The second-order valence-corrected chi connectivity index (χ2v) is 6.51. The Hall–Kier alpha value is -2.82. The van der Waals surface area contributed by atoms with Crippen molar-refractivity contribution in [3.05, 3.63) is 34.4 Å². The number of urea groups is 1. The van der Waals surface area contributed by atoms with E-state index in [4.69, 9.17) is 5.26 Å². The highest BCUT2D eigenvalue weighted by Crippen LogP contribution is 2.21. The molecule has 0 fully saturated rings. The topological polar surface area (TPSA) is 91.8 Å². The van der Waals surface area contributed by atoms with Gasteiger partial charge in [-0.3, -0.25) is 9.36 Å². The molecule has 25 heavy (non-hydrogen) atoms. The Morgan fingerprint density at radius 2 is 2.12 bits per heavy atom. The Balaban J connectivity index is 1.73. The first-order valence-corrected chi connectivity index (χ1v) is 8.43. The third kappa shape index (κ3) is 3.22. The first-order chi connectivity index (χ1) is 11.9. The second-order valence-electron chi connectivity index (χ2n) is 6.51. The summed E-state index contributed by atoms with van der Waals surface area (Å²) in [5.74, 6) is 0. The van der Waals surface area contributed by atoms with Gasteiger partial charge in [-0.2, -0.15) is 15.5 Å². The standard InChI is InChI=1S/C17H23N7O/c1-11(16-12(2)20-22(4)13(16)3)19-17(25)23-6-5-7-24-15(10-23)8-14(9-18)21-24/h8,11H,5-7,10H2,1-4H3,(H,19,25)/t11-/m0/s1. The van der Waals surface area contributed by atoms with Crippen molar-refractivity contribution in [3.63, 3.8) is 0 Å². The molecule has 132 valence electrons. The molecule has 0 aromatic carbocycles. The molecule has 0 saturated heterocycles. The van der Waals surface area contributed by atoms with Crippen LogP contribution in [0.4, 0.5) is 4.79 Å². The lowest BCUT2D eigenvalue weighted by molar-refractivity contribution is 0.192. The minimum Gasteiger partial charge on any atom is -0.331 e. The molecule has 0 aliphatic carbocycles. The van der Waals surface area contributed by atoms with Gasteiger partial charge in [0.2, 0.25) is 0 Å². The molecular formula is C17H23N7O. The number of amides is 2. The Labute approximate surface area is 147 Å². The van der Waals surface area contributed by atoms with Crippen LogP contribution in [0, 0.1) is 25.2 Å². The highest BCUT2D eigenvalue weighted by atomic mass is 16.2. The third-order valence-corrected chi connectivity index (χ3v) is 4.75. The van der Waals surface area contributed by atoms with E-state index in [0.717, 1.165) is 35.6 Å². The van der Waals surface area contributed by atoms with Crippen molar-refractivity contribution in [2.75, 3.05) is 6.54 Å². The highest BCUT2D eigenvalue weighted by Gasteiger charge is 2.24. The fraction of sp³-hybridized carbons (Fsp3) is 0.529. The minimum atomic E-state index is -0.121. The Morgan fingerprint density at radius 3 is 2.76 bits per heavy atom. The van der Waals surface area contributed by atoms with E-state index in [1.165, 1.54) is 0 Å². The van der Waals surface area contributed by atoms with E-state index >= 15 is 0 Å². The molecule has 0 spiro atoms. The minimum absolute atomic E-state index is 0.108. The lowest BCUT2D eigenvalue weighted by Crippen LogP contribution is -2.41. The van der Waals surface area contributed by atoms with Gasteiger partial charge in [0.15, 0.2) is 5.69 Å². The molecule has 0 radical (unpaired) electrons. The number of aromatic nitrogens is 4. The van der Waals surface area contributed by atoms with Crippen LogP contribution in [0.1, 0.15) is 47.7 Å². The predicted octanol–water partition coefficient (Wildman–Crippen LogP) is 1.78. The number of nitrogens with zero attached hydrogens (tertiary/aromatic N) is 6. The van der Waals surface area contributed by atoms with Gasteiger partial charge in [-0.05, 0) is 33.3 Å². The van der Waals surface area contributed by atoms with E-state index in [1.54, 1.807) is 11.0 Å². The fourth-order valence-electron chi connectivity index (χ4n) is 3.46. The summed E-state index contributed by atoms with van der Waals surface area (Å²) in [4.78, 5) is 14.5. The van der Waals surface area contributed by atoms with Crippen molar-refractivity contribution in [1.29, 1.82) is 5.26 Å². The Kier molecular flexibility index (Phi) is 4.49. The molecule has 1 atom stereocenters. The normalized spacial score (nSPS) is 15.2. The SMILES string of the molecule is Cc1nn(C)c(C)c1[C@H](C)NC(=O)N1CCCn2nc(C#N)cc2C1. The molecule has 2 aromatic rings. The van der Waals surface area contributed by atoms with Crippen LogP contribution < -0.4 is 5.32 Å². The summed E-state index contributed by atoms with van der Waals surface area (Å²) in [6.07, 6.45) is 0.812. The summed E-state index contributed by atoms with van der Waals surface area (Å²) in [6.45, 7) is 7.78. The Bertz CT molecular complexity index is 842. The fourth-order valence-corrected chi connectivity index (χ4v) is 3.46.